The number of carbonyl (C=O) groups is 1. The molecule has 0 amide bonds. The third-order valence-electron chi connectivity index (χ3n) is 2.39. The Morgan fingerprint density at radius 1 is 1.38 bits per heavy atom. The second-order valence-corrected chi connectivity index (χ2v) is 3.58. The average Bonchev–Trinajstić information content (AvgIpc) is 2.27. The van der Waals surface area contributed by atoms with Gasteiger partial charge in [-0.3, -0.25) is 4.98 Å². The van der Waals surface area contributed by atoms with Crippen LogP contribution in [0.5, 0.6) is 0 Å². The number of carboxylic acid groups (broad SMARTS) is 1. The SMILES string of the molecule is C/C(=C\C(=O)O)c1cnc2ccccc2c1. The summed E-state index contributed by atoms with van der Waals surface area (Å²) in [6.45, 7) is 1.76. The van der Waals surface area contributed by atoms with Gasteiger partial charge in [0.2, 0.25) is 0 Å². The first kappa shape index (κ1) is 10.4. The molecule has 0 fully saturated rings. The van der Waals surface area contributed by atoms with Crippen molar-refractivity contribution in [2.24, 2.45) is 0 Å². The second kappa shape index (κ2) is 4.14. The molecule has 3 heteroatoms. The van der Waals surface area contributed by atoms with Crippen LogP contribution < -0.4 is 0 Å². The van der Waals surface area contributed by atoms with Crippen LogP contribution in [0.25, 0.3) is 16.5 Å². The van der Waals surface area contributed by atoms with Gasteiger partial charge in [0.15, 0.2) is 0 Å². The number of hydrogen-bond donors (Lipinski definition) is 1. The quantitative estimate of drug-likeness (QED) is 0.780. The van der Waals surface area contributed by atoms with E-state index < -0.39 is 5.97 Å². The zero-order chi connectivity index (χ0) is 11.5. The molecule has 0 aliphatic rings. The van der Waals surface area contributed by atoms with E-state index in [9.17, 15) is 4.79 Å². The largest absolute Gasteiger partial charge is 0.478 e. The van der Waals surface area contributed by atoms with Crippen LogP contribution in [0.3, 0.4) is 0 Å². The molecule has 3 nitrogen and oxygen atoms in total. The van der Waals surface area contributed by atoms with Crippen LogP contribution in [0.4, 0.5) is 0 Å². The molecular formula is C13H11NO2. The van der Waals surface area contributed by atoms with Crippen molar-refractivity contribution in [2.45, 2.75) is 6.92 Å². The van der Waals surface area contributed by atoms with Crippen LogP contribution in [-0.4, -0.2) is 16.1 Å². The maximum atomic E-state index is 10.5. The van der Waals surface area contributed by atoms with Crippen molar-refractivity contribution in [3.63, 3.8) is 0 Å². The monoisotopic (exact) mass is 213 g/mol. The van der Waals surface area contributed by atoms with Gasteiger partial charge in [-0.1, -0.05) is 18.2 Å². The predicted octanol–water partition coefficient (Wildman–Crippen LogP) is 2.72. The molecule has 80 valence electrons. The molecule has 0 radical (unpaired) electrons. The lowest BCUT2D eigenvalue weighted by Crippen LogP contribution is -1.91. The predicted molar refractivity (Wildman–Crippen MR) is 63.0 cm³/mol. The molecule has 0 saturated heterocycles. The van der Waals surface area contributed by atoms with Crippen molar-refractivity contribution in [1.29, 1.82) is 0 Å². The summed E-state index contributed by atoms with van der Waals surface area (Å²) in [6, 6.07) is 9.69. The fraction of sp³-hybridized carbons (Fsp3) is 0.0769. The van der Waals surface area contributed by atoms with Gasteiger partial charge in [-0.05, 0) is 30.2 Å². The molecule has 0 spiro atoms. The standard InChI is InChI=1S/C13H11NO2/c1-9(6-13(15)16)11-7-10-4-2-3-5-12(10)14-8-11/h2-8H,1H3,(H,15,16)/b9-6+. The number of hydrogen-bond acceptors (Lipinski definition) is 2. The number of rotatable bonds is 2. The molecular weight excluding hydrogens is 202 g/mol. The van der Waals surface area contributed by atoms with Crippen molar-refractivity contribution in [3.8, 4) is 0 Å². The van der Waals surface area contributed by atoms with Crippen molar-refractivity contribution in [1.82, 2.24) is 4.98 Å². The number of nitrogens with zero attached hydrogens (tertiary/aromatic N) is 1. The van der Waals surface area contributed by atoms with Crippen molar-refractivity contribution >= 4 is 22.4 Å². The molecule has 2 aromatic rings. The minimum absolute atomic E-state index is 0.700. The summed E-state index contributed by atoms with van der Waals surface area (Å²) in [5.74, 6) is -0.939. The van der Waals surface area contributed by atoms with E-state index in [1.54, 1.807) is 13.1 Å². The number of aromatic nitrogens is 1. The lowest BCUT2D eigenvalue weighted by molar-refractivity contribution is -0.131. The van der Waals surface area contributed by atoms with Gasteiger partial charge >= 0.3 is 5.97 Å². The van der Waals surface area contributed by atoms with Gasteiger partial charge in [0, 0.05) is 17.7 Å². The normalized spacial score (nSPS) is 11.7. The van der Waals surface area contributed by atoms with Crippen LogP contribution in [-0.2, 0) is 4.79 Å². The first-order valence-electron chi connectivity index (χ1n) is 4.93. The summed E-state index contributed by atoms with van der Waals surface area (Å²) in [7, 11) is 0. The Bertz CT molecular complexity index is 573. The van der Waals surface area contributed by atoms with Gasteiger partial charge in [0.1, 0.15) is 0 Å². The summed E-state index contributed by atoms with van der Waals surface area (Å²) >= 11 is 0. The van der Waals surface area contributed by atoms with Gasteiger partial charge in [0.05, 0.1) is 5.52 Å². The Labute approximate surface area is 93.1 Å². The van der Waals surface area contributed by atoms with Crippen LogP contribution in [0.15, 0.2) is 42.6 Å². The number of allylic oxidation sites excluding steroid dienone is 1. The highest BCUT2D eigenvalue weighted by Crippen LogP contribution is 2.18. The Morgan fingerprint density at radius 3 is 2.88 bits per heavy atom. The Balaban J connectivity index is 2.51. The van der Waals surface area contributed by atoms with Gasteiger partial charge in [-0.25, -0.2) is 4.79 Å². The van der Waals surface area contributed by atoms with E-state index in [1.807, 2.05) is 30.3 Å². The molecule has 0 bridgehead atoms. The number of para-hydroxylation sites is 1. The van der Waals surface area contributed by atoms with E-state index in [0.29, 0.717) is 5.57 Å². The van der Waals surface area contributed by atoms with E-state index >= 15 is 0 Å². The van der Waals surface area contributed by atoms with Crippen LogP contribution in [0.2, 0.25) is 0 Å². The van der Waals surface area contributed by atoms with E-state index in [2.05, 4.69) is 4.98 Å². The van der Waals surface area contributed by atoms with E-state index in [0.717, 1.165) is 16.5 Å². The molecule has 2 rings (SSSR count). The number of pyridine rings is 1. The van der Waals surface area contributed by atoms with Crippen LogP contribution in [0.1, 0.15) is 12.5 Å². The zero-order valence-corrected chi connectivity index (χ0v) is 8.84. The highest BCUT2D eigenvalue weighted by atomic mass is 16.4. The second-order valence-electron chi connectivity index (χ2n) is 3.58. The van der Waals surface area contributed by atoms with Crippen LogP contribution >= 0.6 is 0 Å². The summed E-state index contributed by atoms with van der Waals surface area (Å²) < 4.78 is 0. The van der Waals surface area contributed by atoms with Crippen LogP contribution in [0, 0.1) is 0 Å². The average molecular weight is 213 g/mol. The first-order chi connectivity index (χ1) is 7.66. The van der Waals surface area contributed by atoms with E-state index in [1.165, 1.54) is 6.08 Å². The Kier molecular flexibility index (Phi) is 2.68. The molecule has 0 unspecified atom stereocenters. The van der Waals surface area contributed by atoms with E-state index in [4.69, 9.17) is 5.11 Å². The molecule has 1 aromatic heterocycles. The fourth-order valence-electron chi connectivity index (χ4n) is 1.56. The minimum atomic E-state index is -0.939. The fourth-order valence-corrected chi connectivity index (χ4v) is 1.56. The molecule has 1 aromatic carbocycles. The molecule has 0 aliphatic heterocycles. The molecule has 16 heavy (non-hydrogen) atoms. The van der Waals surface area contributed by atoms with Gasteiger partial charge in [-0.2, -0.15) is 0 Å². The molecule has 1 heterocycles. The summed E-state index contributed by atoms with van der Waals surface area (Å²) in [5.41, 5.74) is 2.45. The smallest absolute Gasteiger partial charge is 0.328 e. The number of benzene rings is 1. The summed E-state index contributed by atoms with van der Waals surface area (Å²) in [5, 5.41) is 9.67. The van der Waals surface area contributed by atoms with Crippen molar-refractivity contribution in [3.05, 3.63) is 48.2 Å². The minimum Gasteiger partial charge on any atom is -0.478 e. The zero-order valence-electron chi connectivity index (χ0n) is 8.84. The topological polar surface area (TPSA) is 50.2 Å². The molecule has 1 N–H and O–H groups in total. The summed E-state index contributed by atoms with van der Waals surface area (Å²) in [6.07, 6.45) is 2.88. The third kappa shape index (κ3) is 2.08. The van der Waals surface area contributed by atoms with Crippen molar-refractivity contribution in [2.75, 3.05) is 0 Å². The Morgan fingerprint density at radius 2 is 2.12 bits per heavy atom. The third-order valence-corrected chi connectivity index (χ3v) is 2.39. The first-order valence-corrected chi connectivity index (χ1v) is 4.93. The highest BCUT2D eigenvalue weighted by Gasteiger charge is 2.01. The van der Waals surface area contributed by atoms with E-state index in [-0.39, 0.29) is 0 Å². The molecule has 0 atom stereocenters. The van der Waals surface area contributed by atoms with Gasteiger partial charge in [0.25, 0.3) is 0 Å². The van der Waals surface area contributed by atoms with Gasteiger partial charge in [-0.15, -0.1) is 0 Å². The maximum Gasteiger partial charge on any atom is 0.328 e. The van der Waals surface area contributed by atoms with Crippen molar-refractivity contribution < 1.29 is 9.90 Å². The molecule has 0 saturated carbocycles. The summed E-state index contributed by atoms with van der Waals surface area (Å²) in [4.78, 5) is 14.8. The number of fused-ring (bicyclic) bond motifs is 1. The van der Waals surface area contributed by atoms with Gasteiger partial charge < -0.3 is 5.11 Å². The molecule has 0 aliphatic carbocycles. The highest BCUT2D eigenvalue weighted by molar-refractivity contribution is 5.91. The lowest BCUT2D eigenvalue weighted by atomic mass is 10.1. The Hall–Kier alpha value is -2.16. The maximum absolute atomic E-state index is 10.5. The number of aliphatic carboxylic acids is 1. The number of carboxylic acids is 1. The lowest BCUT2D eigenvalue weighted by Gasteiger charge is -2.02.